The summed E-state index contributed by atoms with van der Waals surface area (Å²) in [5.41, 5.74) is 2.15. The van der Waals surface area contributed by atoms with E-state index in [1.165, 1.54) is 12.8 Å². The number of nitrogens with zero attached hydrogens (tertiary/aromatic N) is 2. The molecule has 1 aliphatic rings. The van der Waals surface area contributed by atoms with E-state index in [0.717, 1.165) is 17.6 Å². The fraction of sp³-hybridized carbons (Fsp3) is 0.300. The van der Waals surface area contributed by atoms with E-state index in [1.807, 2.05) is 0 Å². The van der Waals surface area contributed by atoms with Crippen LogP contribution in [0.2, 0.25) is 0 Å². The first kappa shape index (κ1) is 7.67. The number of pyridine rings is 1. The summed E-state index contributed by atoms with van der Waals surface area (Å²) in [4.78, 5) is 22.2. The Morgan fingerprint density at radius 1 is 1.50 bits per heavy atom. The molecule has 2 aromatic heterocycles. The highest BCUT2D eigenvalue weighted by Crippen LogP contribution is 2.38. The van der Waals surface area contributed by atoms with Gasteiger partial charge in [-0.1, -0.05) is 0 Å². The summed E-state index contributed by atoms with van der Waals surface area (Å²) in [5, 5.41) is 0. The highest BCUT2D eigenvalue weighted by Gasteiger charge is 2.26. The van der Waals surface area contributed by atoms with E-state index >= 15 is 0 Å². The zero-order chi connectivity index (χ0) is 9.54. The third-order valence-corrected chi connectivity index (χ3v) is 2.48. The molecule has 3 rings (SSSR count). The molecule has 70 valence electrons. The molecule has 0 radical (unpaired) electrons. The molecule has 0 saturated heterocycles. The molecule has 0 atom stereocenters. The summed E-state index contributed by atoms with van der Waals surface area (Å²) < 4.78 is 0. The molecule has 1 N–H and O–H groups in total. The van der Waals surface area contributed by atoms with Crippen LogP contribution in [-0.2, 0) is 0 Å². The first-order valence-electron chi connectivity index (χ1n) is 4.67. The van der Waals surface area contributed by atoms with Crippen LogP contribution < -0.4 is 0 Å². The summed E-state index contributed by atoms with van der Waals surface area (Å²) in [7, 11) is 0. The number of hydrogen-bond acceptors (Lipinski definition) is 3. The first-order valence-corrected chi connectivity index (χ1v) is 4.67. The van der Waals surface area contributed by atoms with Gasteiger partial charge >= 0.3 is 0 Å². The van der Waals surface area contributed by atoms with Crippen LogP contribution in [0.15, 0.2) is 12.3 Å². The molecule has 1 fully saturated rings. The van der Waals surface area contributed by atoms with Gasteiger partial charge in [-0.3, -0.25) is 4.79 Å². The predicted molar refractivity (Wildman–Crippen MR) is 51.3 cm³/mol. The van der Waals surface area contributed by atoms with Crippen molar-refractivity contribution in [3.63, 3.8) is 0 Å². The van der Waals surface area contributed by atoms with E-state index in [1.54, 1.807) is 12.3 Å². The largest absolute Gasteiger partial charge is 0.340 e. The number of carbonyl (C=O) groups is 1. The second-order valence-corrected chi connectivity index (χ2v) is 3.65. The fourth-order valence-electron chi connectivity index (χ4n) is 1.55. The fourth-order valence-corrected chi connectivity index (χ4v) is 1.55. The lowest BCUT2D eigenvalue weighted by Gasteiger charge is -1.87. The second kappa shape index (κ2) is 2.64. The quantitative estimate of drug-likeness (QED) is 0.727. The van der Waals surface area contributed by atoms with Crippen LogP contribution in [0, 0.1) is 0 Å². The Balaban J connectivity index is 2.17. The average molecular weight is 187 g/mol. The monoisotopic (exact) mass is 187 g/mol. The minimum atomic E-state index is 0.587. The van der Waals surface area contributed by atoms with Crippen LogP contribution in [0.25, 0.3) is 11.2 Å². The minimum absolute atomic E-state index is 0.587. The van der Waals surface area contributed by atoms with Gasteiger partial charge in [-0.25, -0.2) is 9.97 Å². The first-order chi connectivity index (χ1) is 6.86. The van der Waals surface area contributed by atoms with Crippen LogP contribution in [0.4, 0.5) is 0 Å². The number of aromatic nitrogens is 3. The maximum absolute atomic E-state index is 10.5. The number of fused-ring (bicyclic) bond motifs is 1. The Morgan fingerprint density at radius 2 is 2.36 bits per heavy atom. The molecule has 14 heavy (non-hydrogen) atoms. The van der Waals surface area contributed by atoms with Gasteiger partial charge in [-0.15, -0.1) is 0 Å². The summed E-state index contributed by atoms with van der Waals surface area (Å²) in [6.07, 6.45) is 4.76. The summed E-state index contributed by atoms with van der Waals surface area (Å²) in [6, 6.07) is 1.79. The Bertz CT molecular complexity index is 499. The van der Waals surface area contributed by atoms with E-state index in [9.17, 15) is 4.79 Å². The van der Waals surface area contributed by atoms with E-state index in [2.05, 4.69) is 15.0 Å². The Hall–Kier alpha value is -1.71. The van der Waals surface area contributed by atoms with Gasteiger partial charge in [-0.05, 0) is 18.9 Å². The summed E-state index contributed by atoms with van der Waals surface area (Å²) in [6.45, 7) is 0. The van der Waals surface area contributed by atoms with Crippen molar-refractivity contribution >= 4 is 17.5 Å². The number of rotatable bonds is 2. The van der Waals surface area contributed by atoms with Gasteiger partial charge in [-0.2, -0.15) is 0 Å². The Labute approximate surface area is 80.4 Å². The molecule has 0 aromatic carbocycles. The third-order valence-electron chi connectivity index (χ3n) is 2.48. The van der Waals surface area contributed by atoms with Crippen molar-refractivity contribution in [2.45, 2.75) is 18.8 Å². The van der Waals surface area contributed by atoms with Crippen LogP contribution in [0.3, 0.4) is 0 Å². The molecular weight excluding hydrogens is 178 g/mol. The van der Waals surface area contributed by atoms with Gasteiger partial charge in [0.1, 0.15) is 5.82 Å². The second-order valence-electron chi connectivity index (χ2n) is 3.65. The highest BCUT2D eigenvalue weighted by atomic mass is 16.1. The number of imidazole rings is 1. The maximum Gasteiger partial charge on any atom is 0.177 e. The van der Waals surface area contributed by atoms with E-state index in [-0.39, 0.29) is 0 Å². The molecule has 4 heteroatoms. The molecule has 0 spiro atoms. The van der Waals surface area contributed by atoms with Gasteiger partial charge in [0.25, 0.3) is 0 Å². The molecule has 4 nitrogen and oxygen atoms in total. The standard InChI is InChI=1S/C10H9N3O/c14-5-6-3-8-10(11-4-6)13-9(12-8)7-1-2-7/h3-5,7H,1-2H2,(H,11,12,13). The molecule has 0 aliphatic heterocycles. The number of hydrogen-bond donors (Lipinski definition) is 1. The number of aromatic amines is 1. The lowest BCUT2D eigenvalue weighted by Crippen LogP contribution is -1.82. The highest BCUT2D eigenvalue weighted by molar-refractivity contribution is 5.81. The van der Waals surface area contributed by atoms with Gasteiger partial charge in [0.2, 0.25) is 0 Å². The maximum atomic E-state index is 10.5. The molecule has 1 aliphatic carbocycles. The predicted octanol–water partition coefficient (Wildman–Crippen LogP) is 1.65. The van der Waals surface area contributed by atoms with Crippen molar-refractivity contribution in [1.29, 1.82) is 0 Å². The number of nitrogens with one attached hydrogen (secondary N) is 1. The van der Waals surface area contributed by atoms with Gasteiger partial charge < -0.3 is 4.98 Å². The molecule has 0 unspecified atom stereocenters. The van der Waals surface area contributed by atoms with Gasteiger partial charge in [0, 0.05) is 17.7 Å². The van der Waals surface area contributed by atoms with Crippen molar-refractivity contribution in [2.24, 2.45) is 0 Å². The van der Waals surface area contributed by atoms with Crippen LogP contribution in [-0.4, -0.2) is 21.2 Å². The molecular formula is C10H9N3O. The Kier molecular flexibility index (Phi) is 1.45. The normalized spacial score (nSPS) is 16.0. The lowest BCUT2D eigenvalue weighted by molar-refractivity contribution is 0.112. The van der Waals surface area contributed by atoms with Crippen molar-refractivity contribution in [3.05, 3.63) is 23.7 Å². The van der Waals surface area contributed by atoms with E-state index < -0.39 is 0 Å². The topological polar surface area (TPSA) is 58.6 Å². The molecule has 0 bridgehead atoms. The number of H-pyrrole nitrogens is 1. The summed E-state index contributed by atoms with van der Waals surface area (Å²) in [5.74, 6) is 1.60. The van der Waals surface area contributed by atoms with E-state index in [0.29, 0.717) is 17.1 Å². The van der Waals surface area contributed by atoms with Crippen molar-refractivity contribution in [1.82, 2.24) is 15.0 Å². The van der Waals surface area contributed by atoms with Gasteiger partial charge in [0.05, 0.1) is 5.52 Å². The average Bonchev–Trinajstić information content (AvgIpc) is 2.97. The van der Waals surface area contributed by atoms with Crippen LogP contribution >= 0.6 is 0 Å². The van der Waals surface area contributed by atoms with Crippen molar-refractivity contribution < 1.29 is 4.79 Å². The number of carbonyl (C=O) groups excluding carboxylic acids is 1. The molecule has 1 saturated carbocycles. The molecule has 2 heterocycles. The van der Waals surface area contributed by atoms with Crippen LogP contribution in [0.1, 0.15) is 34.9 Å². The molecule has 2 aromatic rings. The SMILES string of the molecule is O=Cc1cnc2nc(C3CC3)[nH]c2c1. The third kappa shape index (κ3) is 1.11. The van der Waals surface area contributed by atoms with Crippen molar-refractivity contribution in [2.75, 3.05) is 0 Å². The molecule has 0 amide bonds. The number of aldehydes is 1. The zero-order valence-corrected chi connectivity index (χ0v) is 7.53. The summed E-state index contributed by atoms with van der Waals surface area (Å²) >= 11 is 0. The zero-order valence-electron chi connectivity index (χ0n) is 7.53. The van der Waals surface area contributed by atoms with Crippen LogP contribution in [0.5, 0.6) is 0 Å². The Morgan fingerprint density at radius 3 is 3.07 bits per heavy atom. The minimum Gasteiger partial charge on any atom is -0.340 e. The van der Waals surface area contributed by atoms with Crippen molar-refractivity contribution in [3.8, 4) is 0 Å². The van der Waals surface area contributed by atoms with Gasteiger partial charge in [0.15, 0.2) is 11.9 Å². The smallest absolute Gasteiger partial charge is 0.177 e. The van der Waals surface area contributed by atoms with E-state index in [4.69, 9.17) is 0 Å². The lowest BCUT2D eigenvalue weighted by atomic mass is 10.3.